The van der Waals surface area contributed by atoms with E-state index in [0.717, 1.165) is 33.4 Å². The standard InChI is InChI=1S/C11H14Br2N2/c1-4-15(7-8(2)3)11-10(13)5-9(12)6-14-11/h5-6H,2,4,7H2,1,3H3. The van der Waals surface area contributed by atoms with Gasteiger partial charge in [0.15, 0.2) is 0 Å². The van der Waals surface area contributed by atoms with E-state index in [1.54, 1.807) is 6.20 Å². The Kier molecular flexibility index (Phi) is 4.80. The number of likely N-dealkylation sites (N-methyl/N-ethyl adjacent to an activating group) is 1. The Morgan fingerprint density at radius 3 is 2.67 bits per heavy atom. The Bertz CT molecular complexity index is 364. The summed E-state index contributed by atoms with van der Waals surface area (Å²) in [6, 6.07) is 2.00. The van der Waals surface area contributed by atoms with Crippen LogP contribution in [-0.4, -0.2) is 18.1 Å². The molecule has 15 heavy (non-hydrogen) atoms. The van der Waals surface area contributed by atoms with Crippen molar-refractivity contribution < 1.29 is 0 Å². The highest BCUT2D eigenvalue weighted by Crippen LogP contribution is 2.26. The zero-order chi connectivity index (χ0) is 11.4. The van der Waals surface area contributed by atoms with Gasteiger partial charge in [0.2, 0.25) is 0 Å². The van der Waals surface area contributed by atoms with E-state index in [9.17, 15) is 0 Å². The number of hydrogen-bond donors (Lipinski definition) is 0. The van der Waals surface area contributed by atoms with Crippen LogP contribution in [0.4, 0.5) is 5.82 Å². The van der Waals surface area contributed by atoms with E-state index >= 15 is 0 Å². The molecule has 1 aromatic heterocycles. The maximum absolute atomic E-state index is 4.39. The van der Waals surface area contributed by atoms with Crippen LogP contribution in [0, 0.1) is 0 Å². The molecule has 0 aromatic carbocycles. The lowest BCUT2D eigenvalue weighted by Gasteiger charge is -2.23. The van der Waals surface area contributed by atoms with E-state index in [1.807, 2.05) is 13.0 Å². The Hall–Kier alpha value is -0.350. The van der Waals surface area contributed by atoms with Crippen LogP contribution in [0.1, 0.15) is 13.8 Å². The number of rotatable bonds is 4. The molecule has 0 saturated carbocycles. The molecule has 1 aromatic rings. The molecular weight excluding hydrogens is 320 g/mol. The van der Waals surface area contributed by atoms with E-state index in [0.29, 0.717) is 0 Å². The maximum atomic E-state index is 4.39. The smallest absolute Gasteiger partial charge is 0.143 e. The van der Waals surface area contributed by atoms with E-state index in [1.165, 1.54) is 0 Å². The predicted octanol–water partition coefficient (Wildman–Crippen LogP) is 4.01. The summed E-state index contributed by atoms with van der Waals surface area (Å²) in [6.45, 7) is 9.81. The minimum Gasteiger partial charge on any atom is -0.352 e. The van der Waals surface area contributed by atoms with Gasteiger partial charge >= 0.3 is 0 Å². The largest absolute Gasteiger partial charge is 0.352 e. The number of anilines is 1. The van der Waals surface area contributed by atoms with Crippen molar-refractivity contribution in [2.24, 2.45) is 0 Å². The first-order chi connectivity index (χ1) is 7.04. The Morgan fingerprint density at radius 1 is 1.53 bits per heavy atom. The Morgan fingerprint density at radius 2 is 2.20 bits per heavy atom. The van der Waals surface area contributed by atoms with Gasteiger partial charge in [0, 0.05) is 23.8 Å². The Labute approximate surface area is 108 Å². The molecule has 82 valence electrons. The molecule has 0 amide bonds. The molecule has 0 radical (unpaired) electrons. The second kappa shape index (κ2) is 5.66. The van der Waals surface area contributed by atoms with Crippen molar-refractivity contribution in [3.05, 3.63) is 33.4 Å². The van der Waals surface area contributed by atoms with E-state index in [4.69, 9.17) is 0 Å². The van der Waals surface area contributed by atoms with Gasteiger partial charge in [-0.2, -0.15) is 0 Å². The molecule has 0 saturated heterocycles. The molecule has 2 nitrogen and oxygen atoms in total. The number of aromatic nitrogens is 1. The summed E-state index contributed by atoms with van der Waals surface area (Å²) in [6.07, 6.45) is 1.81. The molecular formula is C11H14Br2N2. The first-order valence-electron chi connectivity index (χ1n) is 4.75. The summed E-state index contributed by atoms with van der Waals surface area (Å²) >= 11 is 6.90. The zero-order valence-electron chi connectivity index (χ0n) is 8.93. The number of hydrogen-bond acceptors (Lipinski definition) is 2. The third kappa shape index (κ3) is 3.61. The van der Waals surface area contributed by atoms with Gasteiger partial charge in [-0.25, -0.2) is 4.98 Å². The van der Waals surface area contributed by atoms with Gasteiger partial charge in [-0.15, -0.1) is 0 Å². The SMILES string of the molecule is C=C(C)CN(CC)c1ncc(Br)cc1Br. The summed E-state index contributed by atoms with van der Waals surface area (Å²) in [5, 5.41) is 0. The van der Waals surface area contributed by atoms with Crippen molar-refractivity contribution in [3.8, 4) is 0 Å². The average Bonchev–Trinajstić information content (AvgIpc) is 2.14. The normalized spacial score (nSPS) is 10.1. The van der Waals surface area contributed by atoms with Crippen LogP contribution in [0.25, 0.3) is 0 Å². The molecule has 0 aliphatic rings. The van der Waals surface area contributed by atoms with Crippen LogP contribution in [0.15, 0.2) is 33.4 Å². The number of pyridine rings is 1. The summed E-state index contributed by atoms with van der Waals surface area (Å²) in [4.78, 5) is 6.57. The summed E-state index contributed by atoms with van der Waals surface area (Å²) < 4.78 is 1.98. The van der Waals surface area contributed by atoms with Crippen LogP contribution >= 0.6 is 31.9 Å². The lowest BCUT2D eigenvalue weighted by Crippen LogP contribution is -2.25. The van der Waals surface area contributed by atoms with Crippen LogP contribution in [0.2, 0.25) is 0 Å². The fraction of sp³-hybridized carbons (Fsp3) is 0.364. The molecule has 1 heterocycles. The van der Waals surface area contributed by atoms with Crippen molar-refractivity contribution in [1.29, 1.82) is 0 Å². The zero-order valence-corrected chi connectivity index (χ0v) is 12.1. The van der Waals surface area contributed by atoms with E-state index < -0.39 is 0 Å². The van der Waals surface area contributed by atoms with Crippen LogP contribution < -0.4 is 4.90 Å². The third-order valence-electron chi connectivity index (χ3n) is 1.93. The van der Waals surface area contributed by atoms with Crippen molar-refractivity contribution in [2.45, 2.75) is 13.8 Å². The second-order valence-corrected chi connectivity index (χ2v) is 5.20. The molecule has 0 aliphatic heterocycles. The topological polar surface area (TPSA) is 16.1 Å². The quantitative estimate of drug-likeness (QED) is 0.774. The van der Waals surface area contributed by atoms with Gasteiger partial charge in [0.1, 0.15) is 5.82 Å². The minimum atomic E-state index is 0.837. The molecule has 0 unspecified atom stereocenters. The summed E-state index contributed by atoms with van der Waals surface area (Å²) in [7, 11) is 0. The van der Waals surface area contributed by atoms with Crippen molar-refractivity contribution in [2.75, 3.05) is 18.0 Å². The molecule has 0 bridgehead atoms. The molecule has 0 fully saturated rings. The Balaban J connectivity index is 2.96. The van der Waals surface area contributed by atoms with E-state index in [2.05, 4.69) is 55.2 Å². The van der Waals surface area contributed by atoms with Gasteiger partial charge in [-0.05, 0) is 51.8 Å². The highest BCUT2D eigenvalue weighted by Gasteiger charge is 2.10. The molecule has 0 atom stereocenters. The van der Waals surface area contributed by atoms with Gasteiger partial charge < -0.3 is 4.90 Å². The maximum Gasteiger partial charge on any atom is 0.143 e. The second-order valence-electron chi connectivity index (χ2n) is 3.43. The van der Waals surface area contributed by atoms with Crippen LogP contribution in [0.5, 0.6) is 0 Å². The molecule has 4 heteroatoms. The first-order valence-corrected chi connectivity index (χ1v) is 6.33. The highest BCUT2D eigenvalue weighted by molar-refractivity contribution is 9.11. The van der Waals surface area contributed by atoms with Crippen molar-refractivity contribution in [1.82, 2.24) is 4.98 Å². The van der Waals surface area contributed by atoms with Crippen LogP contribution in [0.3, 0.4) is 0 Å². The van der Waals surface area contributed by atoms with Gasteiger partial charge in [-0.3, -0.25) is 0 Å². The number of halogens is 2. The lowest BCUT2D eigenvalue weighted by atomic mass is 10.3. The molecule has 1 rings (SSSR count). The lowest BCUT2D eigenvalue weighted by molar-refractivity contribution is 0.855. The average molecular weight is 334 g/mol. The fourth-order valence-corrected chi connectivity index (χ4v) is 2.54. The van der Waals surface area contributed by atoms with Gasteiger partial charge in [0.05, 0.1) is 4.47 Å². The van der Waals surface area contributed by atoms with Gasteiger partial charge in [-0.1, -0.05) is 12.2 Å². The highest BCUT2D eigenvalue weighted by atomic mass is 79.9. The van der Waals surface area contributed by atoms with Gasteiger partial charge in [0.25, 0.3) is 0 Å². The molecule has 0 N–H and O–H groups in total. The molecule has 0 spiro atoms. The summed E-state index contributed by atoms with van der Waals surface area (Å²) in [5.41, 5.74) is 1.13. The first kappa shape index (κ1) is 12.7. The van der Waals surface area contributed by atoms with Crippen molar-refractivity contribution >= 4 is 37.7 Å². The number of nitrogens with zero attached hydrogens (tertiary/aromatic N) is 2. The molecule has 0 aliphatic carbocycles. The minimum absolute atomic E-state index is 0.837. The summed E-state index contributed by atoms with van der Waals surface area (Å²) in [5.74, 6) is 0.962. The monoisotopic (exact) mass is 332 g/mol. The fourth-order valence-electron chi connectivity index (χ4n) is 1.30. The van der Waals surface area contributed by atoms with Crippen LogP contribution in [-0.2, 0) is 0 Å². The van der Waals surface area contributed by atoms with E-state index in [-0.39, 0.29) is 0 Å². The predicted molar refractivity (Wildman–Crippen MR) is 72.3 cm³/mol. The van der Waals surface area contributed by atoms with Crippen molar-refractivity contribution in [3.63, 3.8) is 0 Å². The third-order valence-corrected chi connectivity index (χ3v) is 2.95.